The Hall–Kier alpha value is -2.71. The molecule has 7 nitrogen and oxygen atoms in total. The molecule has 0 N–H and O–H groups in total. The summed E-state index contributed by atoms with van der Waals surface area (Å²) >= 11 is 0. The Bertz CT molecular complexity index is 1130. The summed E-state index contributed by atoms with van der Waals surface area (Å²) in [6, 6.07) is 10.3. The summed E-state index contributed by atoms with van der Waals surface area (Å²) in [6.07, 6.45) is 5.68. The Morgan fingerprint density at radius 2 is 1.81 bits per heavy atom. The highest BCUT2D eigenvalue weighted by Crippen LogP contribution is 2.28. The van der Waals surface area contributed by atoms with Crippen LogP contribution in [0, 0.1) is 0 Å². The molecule has 4 rings (SSSR count). The fourth-order valence-corrected chi connectivity index (χ4v) is 5.43. The summed E-state index contributed by atoms with van der Waals surface area (Å²) < 4.78 is 32.6. The number of amidine groups is 1. The molecule has 3 heterocycles. The second-order valence-corrected chi connectivity index (χ2v) is 9.58. The van der Waals surface area contributed by atoms with Crippen molar-refractivity contribution >= 4 is 27.8 Å². The van der Waals surface area contributed by atoms with E-state index in [-0.39, 0.29) is 10.8 Å². The molecule has 0 unspecified atom stereocenters. The molecule has 1 aromatic heterocycles. The van der Waals surface area contributed by atoms with Gasteiger partial charge < -0.3 is 4.42 Å². The van der Waals surface area contributed by atoms with Gasteiger partial charge in [-0.1, -0.05) is 20.3 Å². The molecule has 1 saturated heterocycles. The molecule has 1 fully saturated rings. The maximum Gasteiger partial charge on any atom is 0.277 e. The molecule has 0 atom stereocenters. The average Bonchev–Trinajstić information content (AvgIpc) is 3.26. The van der Waals surface area contributed by atoms with Crippen LogP contribution in [-0.2, 0) is 14.8 Å². The Morgan fingerprint density at radius 3 is 2.52 bits per heavy atom. The molecule has 0 spiro atoms. The fraction of sp³-hybridized carbons (Fsp3) is 0.391. The third kappa shape index (κ3) is 4.22. The van der Waals surface area contributed by atoms with Crippen LogP contribution in [0.4, 0.5) is 0 Å². The number of carbonyl (C=O) groups is 1. The zero-order valence-electron chi connectivity index (χ0n) is 17.9. The first-order valence-electron chi connectivity index (χ1n) is 10.8. The lowest BCUT2D eigenvalue weighted by Crippen LogP contribution is -2.31. The van der Waals surface area contributed by atoms with Crippen LogP contribution in [0.2, 0.25) is 0 Å². The first kappa shape index (κ1) is 21.5. The highest BCUT2D eigenvalue weighted by atomic mass is 32.2. The number of hydrogen-bond donors (Lipinski definition) is 0. The van der Waals surface area contributed by atoms with Gasteiger partial charge in [0, 0.05) is 37.7 Å². The number of nitrogens with zero attached hydrogens (tertiary/aromatic N) is 3. The third-order valence-corrected chi connectivity index (χ3v) is 7.76. The number of hydrogen-bond acceptors (Lipinski definition) is 5. The Balaban J connectivity index is 1.54. The predicted molar refractivity (Wildman–Crippen MR) is 120 cm³/mol. The summed E-state index contributed by atoms with van der Waals surface area (Å²) in [6.45, 7) is 5.22. The van der Waals surface area contributed by atoms with E-state index >= 15 is 0 Å². The first-order chi connectivity index (χ1) is 14.9. The maximum absolute atomic E-state index is 12.7. The van der Waals surface area contributed by atoms with Gasteiger partial charge in [0.15, 0.2) is 0 Å². The van der Waals surface area contributed by atoms with E-state index in [2.05, 4.69) is 4.99 Å². The number of carbonyl (C=O) groups excluding carboxylic acids is 1. The highest BCUT2D eigenvalue weighted by Gasteiger charge is 2.30. The van der Waals surface area contributed by atoms with Gasteiger partial charge in [0.05, 0.1) is 4.90 Å². The Morgan fingerprint density at radius 1 is 1.06 bits per heavy atom. The van der Waals surface area contributed by atoms with Gasteiger partial charge in [0.25, 0.3) is 5.91 Å². The predicted octanol–water partition coefficient (Wildman–Crippen LogP) is 4.13. The third-order valence-electron chi connectivity index (χ3n) is 5.70. The average molecular weight is 442 g/mol. The number of furan rings is 1. The normalized spacial score (nSPS) is 18.4. The molecule has 0 bridgehead atoms. The van der Waals surface area contributed by atoms with E-state index in [1.54, 1.807) is 41.3 Å². The zero-order chi connectivity index (χ0) is 22.0. The van der Waals surface area contributed by atoms with E-state index in [0.717, 1.165) is 43.6 Å². The lowest BCUT2D eigenvalue weighted by molar-refractivity contribution is -0.122. The molecule has 1 aromatic carbocycles. The first-order valence-corrected chi connectivity index (χ1v) is 12.2. The molecular formula is C23H27N3O4S. The molecule has 1 amide bonds. The smallest absolute Gasteiger partial charge is 0.277 e. The van der Waals surface area contributed by atoms with E-state index in [1.165, 1.54) is 4.31 Å². The van der Waals surface area contributed by atoms with Crippen molar-refractivity contribution in [1.82, 2.24) is 9.21 Å². The molecule has 2 aliphatic rings. The van der Waals surface area contributed by atoms with Crippen molar-refractivity contribution in [2.24, 2.45) is 4.99 Å². The summed E-state index contributed by atoms with van der Waals surface area (Å²) in [5.74, 6) is 1.93. The summed E-state index contributed by atoms with van der Waals surface area (Å²) in [7, 11) is -3.49. The van der Waals surface area contributed by atoms with Crippen molar-refractivity contribution in [1.29, 1.82) is 0 Å². The van der Waals surface area contributed by atoms with Gasteiger partial charge in [0.1, 0.15) is 23.1 Å². The number of sulfonamides is 1. The van der Waals surface area contributed by atoms with Crippen LogP contribution in [0.1, 0.15) is 45.3 Å². The minimum absolute atomic E-state index is 0.0687. The fourth-order valence-electron chi connectivity index (χ4n) is 3.97. The van der Waals surface area contributed by atoms with Crippen molar-refractivity contribution in [3.8, 4) is 11.3 Å². The topological polar surface area (TPSA) is 83.2 Å². The number of benzene rings is 1. The minimum Gasteiger partial charge on any atom is -0.457 e. The van der Waals surface area contributed by atoms with Gasteiger partial charge in [-0.15, -0.1) is 0 Å². The number of amides is 1. The van der Waals surface area contributed by atoms with Crippen LogP contribution < -0.4 is 0 Å². The lowest BCUT2D eigenvalue weighted by Gasteiger charge is -2.18. The van der Waals surface area contributed by atoms with E-state index in [0.29, 0.717) is 30.3 Å². The summed E-state index contributed by atoms with van der Waals surface area (Å²) in [5.41, 5.74) is 1.17. The molecule has 164 valence electrons. The van der Waals surface area contributed by atoms with Crippen molar-refractivity contribution in [2.75, 3.05) is 19.6 Å². The van der Waals surface area contributed by atoms with Gasteiger partial charge in [-0.3, -0.25) is 9.69 Å². The maximum atomic E-state index is 12.7. The highest BCUT2D eigenvalue weighted by molar-refractivity contribution is 7.89. The van der Waals surface area contributed by atoms with Crippen LogP contribution in [-0.4, -0.2) is 49.0 Å². The quantitative estimate of drug-likeness (QED) is 0.631. The molecule has 0 aliphatic carbocycles. The van der Waals surface area contributed by atoms with Crippen molar-refractivity contribution in [2.45, 2.75) is 44.4 Å². The van der Waals surface area contributed by atoms with Crippen molar-refractivity contribution in [3.63, 3.8) is 0 Å². The largest absolute Gasteiger partial charge is 0.457 e. The SMILES string of the molecule is CCN(CC)S(=O)(=O)c1ccc(-c2ccc(/C=C3/N=C4CCCCCN4C3=O)o2)cc1. The van der Waals surface area contributed by atoms with Crippen LogP contribution >= 0.6 is 0 Å². The van der Waals surface area contributed by atoms with Crippen LogP contribution in [0.25, 0.3) is 17.4 Å². The van der Waals surface area contributed by atoms with Crippen LogP contribution in [0.15, 0.2) is 56.4 Å². The molecule has 2 aliphatic heterocycles. The van der Waals surface area contributed by atoms with Gasteiger partial charge in [0.2, 0.25) is 10.0 Å². The van der Waals surface area contributed by atoms with Gasteiger partial charge in [-0.2, -0.15) is 4.31 Å². The van der Waals surface area contributed by atoms with Gasteiger partial charge in [-0.25, -0.2) is 13.4 Å². The summed E-state index contributed by atoms with van der Waals surface area (Å²) in [5, 5.41) is 0. The van der Waals surface area contributed by atoms with Gasteiger partial charge >= 0.3 is 0 Å². The number of fused-ring (bicyclic) bond motifs is 1. The molecule has 31 heavy (non-hydrogen) atoms. The zero-order valence-corrected chi connectivity index (χ0v) is 18.7. The van der Waals surface area contributed by atoms with E-state index in [9.17, 15) is 13.2 Å². The second-order valence-electron chi connectivity index (χ2n) is 7.64. The van der Waals surface area contributed by atoms with Crippen molar-refractivity contribution < 1.29 is 17.6 Å². The minimum atomic E-state index is -3.49. The molecule has 8 heteroatoms. The Kier molecular flexibility index (Phi) is 6.11. The number of aliphatic imine (C=N–C) groups is 1. The molecule has 2 aromatic rings. The monoisotopic (exact) mass is 441 g/mol. The standard InChI is InChI=1S/C23H27N3O4S/c1-3-25(4-2)31(28,29)19-12-9-17(10-13-19)21-14-11-18(30-21)16-20-23(27)26-15-7-5-6-8-22(26)24-20/h9-14,16H,3-8,15H2,1-2H3/b20-16+. The second kappa shape index (κ2) is 8.80. The molecule has 0 saturated carbocycles. The Labute approximate surface area is 183 Å². The van der Waals surface area contributed by atoms with E-state index < -0.39 is 10.0 Å². The van der Waals surface area contributed by atoms with Crippen LogP contribution in [0.3, 0.4) is 0 Å². The number of rotatable bonds is 6. The van der Waals surface area contributed by atoms with Crippen molar-refractivity contribution in [3.05, 3.63) is 47.9 Å². The summed E-state index contributed by atoms with van der Waals surface area (Å²) in [4.78, 5) is 19.2. The lowest BCUT2D eigenvalue weighted by atomic mass is 10.2. The van der Waals surface area contributed by atoms with Crippen LogP contribution in [0.5, 0.6) is 0 Å². The molecular weight excluding hydrogens is 414 g/mol. The van der Waals surface area contributed by atoms with E-state index in [1.807, 2.05) is 19.9 Å². The van der Waals surface area contributed by atoms with Gasteiger partial charge in [-0.05, 0) is 49.2 Å². The molecule has 0 radical (unpaired) electrons. The van der Waals surface area contributed by atoms with E-state index in [4.69, 9.17) is 4.42 Å².